The van der Waals surface area contributed by atoms with E-state index in [0.29, 0.717) is 27.7 Å². The van der Waals surface area contributed by atoms with E-state index >= 15 is 0 Å². The summed E-state index contributed by atoms with van der Waals surface area (Å²) < 4.78 is 29.4. The minimum Gasteiger partial charge on any atom is -0.352 e. The smallest absolute Gasteiger partial charge is 0.264 e. The van der Waals surface area contributed by atoms with Crippen molar-refractivity contribution < 1.29 is 18.0 Å². The number of nitrogens with zero attached hydrogens (tertiary/aromatic N) is 2. The van der Waals surface area contributed by atoms with Gasteiger partial charge in [0, 0.05) is 17.1 Å². The van der Waals surface area contributed by atoms with Crippen LogP contribution in [0.4, 0.5) is 5.69 Å². The van der Waals surface area contributed by atoms with Crippen LogP contribution < -0.4 is 9.62 Å². The van der Waals surface area contributed by atoms with Crippen LogP contribution >= 0.6 is 39.1 Å². The summed E-state index contributed by atoms with van der Waals surface area (Å²) in [6.07, 6.45) is 0.315. The quantitative estimate of drug-likeness (QED) is 0.264. The molecule has 0 heterocycles. The molecule has 1 atom stereocenters. The third kappa shape index (κ3) is 7.97. The van der Waals surface area contributed by atoms with Crippen LogP contribution in [0.2, 0.25) is 10.0 Å². The summed E-state index contributed by atoms with van der Waals surface area (Å²) in [7, 11) is -4.12. The monoisotopic (exact) mass is 653 g/mol. The third-order valence-corrected chi connectivity index (χ3v) is 8.93. The second-order valence-corrected chi connectivity index (χ2v) is 12.8. The Morgan fingerprint density at radius 1 is 0.949 bits per heavy atom. The lowest BCUT2D eigenvalue weighted by Crippen LogP contribution is -2.53. The zero-order chi connectivity index (χ0) is 28.7. The fraction of sp³-hybridized carbons (Fsp3) is 0.286. The van der Waals surface area contributed by atoms with Gasteiger partial charge in [-0.2, -0.15) is 0 Å². The standard InChI is InChI=1S/C28H30BrCl2N3O4S/c1-4-26(28(36)32-19(2)3)33(17-20-10-15-24(30)25(31)16-20)27(35)18-34(22-13-11-21(29)12-14-22)39(37,38)23-8-6-5-7-9-23/h5-16,19,26H,4,17-18H2,1-3H3,(H,32,36). The summed E-state index contributed by atoms with van der Waals surface area (Å²) in [5.41, 5.74) is 0.958. The lowest BCUT2D eigenvalue weighted by atomic mass is 10.1. The Bertz CT molecular complexity index is 1400. The Morgan fingerprint density at radius 2 is 1.59 bits per heavy atom. The van der Waals surface area contributed by atoms with Crippen LogP contribution in [0.3, 0.4) is 0 Å². The van der Waals surface area contributed by atoms with Gasteiger partial charge in [0.25, 0.3) is 10.0 Å². The number of sulfonamides is 1. The molecule has 3 aromatic rings. The van der Waals surface area contributed by atoms with E-state index in [1.54, 1.807) is 67.6 Å². The third-order valence-electron chi connectivity index (χ3n) is 5.88. The molecule has 0 radical (unpaired) electrons. The average molecular weight is 655 g/mol. The highest BCUT2D eigenvalue weighted by atomic mass is 79.9. The minimum atomic E-state index is -4.12. The summed E-state index contributed by atoms with van der Waals surface area (Å²) in [6.45, 7) is 4.97. The summed E-state index contributed by atoms with van der Waals surface area (Å²) in [5, 5.41) is 3.53. The molecule has 0 saturated heterocycles. The van der Waals surface area contributed by atoms with Gasteiger partial charge in [-0.25, -0.2) is 8.42 Å². The minimum absolute atomic E-state index is 0.0271. The van der Waals surface area contributed by atoms with Gasteiger partial charge in [0.1, 0.15) is 12.6 Å². The molecule has 1 unspecified atom stereocenters. The second kappa shape index (κ2) is 13.7. The molecule has 0 aliphatic rings. The molecule has 39 heavy (non-hydrogen) atoms. The maximum atomic E-state index is 14.0. The first kappa shape index (κ1) is 30.9. The second-order valence-electron chi connectivity index (χ2n) is 9.16. The van der Waals surface area contributed by atoms with Crippen molar-refractivity contribution in [3.8, 4) is 0 Å². The van der Waals surface area contributed by atoms with Gasteiger partial charge in [-0.1, -0.05) is 70.3 Å². The molecule has 0 saturated carbocycles. The molecule has 208 valence electrons. The van der Waals surface area contributed by atoms with Crippen molar-refractivity contribution >= 4 is 66.7 Å². The summed E-state index contributed by atoms with van der Waals surface area (Å²) >= 11 is 15.7. The zero-order valence-corrected chi connectivity index (χ0v) is 25.7. The van der Waals surface area contributed by atoms with E-state index in [9.17, 15) is 18.0 Å². The first-order valence-electron chi connectivity index (χ1n) is 12.3. The first-order valence-corrected chi connectivity index (χ1v) is 15.3. The van der Waals surface area contributed by atoms with E-state index in [4.69, 9.17) is 23.2 Å². The number of carbonyl (C=O) groups is 2. The normalized spacial score (nSPS) is 12.2. The molecule has 0 aliphatic heterocycles. The van der Waals surface area contributed by atoms with Crippen LogP contribution in [0.15, 0.2) is 82.2 Å². The van der Waals surface area contributed by atoms with Gasteiger partial charge in [-0.05, 0) is 74.4 Å². The average Bonchev–Trinajstić information content (AvgIpc) is 2.89. The van der Waals surface area contributed by atoms with Crippen molar-refractivity contribution in [2.45, 2.75) is 50.7 Å². The van der Waals surface area contributed by atoms with E-state index in [2.05, 4.69) is 21.2 Å². The number of halogens is 3. The van der Waals surface area contributed by atoms with Crippen LogP contribution in [0.25, 0.3) is 0 Å². The number of nitrogens with one attached hydrogen (secondary N) is 1. The fourth-order valence-corrected chi connectivity index (χ4v) is 6.01. The largest absolute Gasteiger partial charge is 0.352 e. The van der Waals surface area contributed by atoms with Gasteiger partial charge in [0.05, 0.1) is 20.6 Å². The molecule has 0 aliphatic carbocycles. The van der Waals surface area contributed by atoms with E-state index in [1.807, 2.05) is 13.8 Å². The lowest BCUT2D eigenvalue weighted by molar-refractivity contribution is -0.140. The predicted octanol–water partition coefficient (Wildman–Crippen LogP) is 6.28. The van der Waals surface area contributed by atoms with Gasteiger partial charge >= 0.3 is 0 Å². The molecular formula is C28H30BrCl2N3O4S. The fourth-order valence-electron chi connectivity index (χ4n) is 3.99. The maximum absolute atomic E-state index is 14.0. The van der Waals surface area contributed by atoms with Gasteiger partial charge in [-0.15, -0.1) is 0 Å². The van der Waals surface area contributed by atoms with Crippen molar-refractivity contribution in [1.82, 2.24) is 10.2 Å². The molecule has 11 heteroatoms. The van der Waals surface area contributed by atoms with Gasteiger partial charge in [0.15, 0.2) is 0 Å². The molecule has 0 fully saturated rings. The topological polar surface area (TPSA) is 86.8 Å². The van der Waals surface area contributed by atoms with Crippen LogP contribution in [-0.2, 0) is 26.2 Å². The first-order chi connectivity index (χ1) is 18.4. The van der Waals surface area contributed by atoms with Gasteiger partial charge < -0.3 is 10.2 Å². The number of hydrogen-bond acceptors (Lipinski definition) is 4. The molecule has 0 aromatic heterocycles. The van der Waals surface area contributed by atoms with Crippen molar-refractivity contribution in [2.24, 2.45) is 0 Å². The number of rotatable bonds is 11. The van der Waals surface area contributed by atoms with E-state index in [0.717, 1.165) is 8.78 Å². The zero-order valence-electron chi connectivity index (χ0n) is 21.8. The summed E-state index contributed by atoms with van der Waals surface area (Å²) in [5.74, 6) is -0.878. The molecule has 2 amide bonds. The Balaban J connectivity index is 2.06. The Hall–Kier alpha value is -2.59. The van der Waals surface area contributed by atoms with Gasteiger partial charge in [0.2, 0.25) is 11.8 Å². The SMILES string of the molecule is CCC(C(=O)NC(C)C)N(Cc1ccc(Cl)c(Cl)c1)C(=O)CN(c1ccc(Br)cc1)S(=O)(=O)c1ccccc1. The highest BCUT2D eigenvalue weighted by molar-refractivity contribution is 9.10. The van der Waals surface area contributed by atoms with Crippen LogP contribution in [0, 0.1) is 0 Å². The highest BCUT2D eigenvalue weighted by Crippen LogP contribution is 2.27. The maximum Gasteiger partial charge on any atom is 0.264 e. The van der Waals surface area contributed by atoms with Gasteiger partial charge in [-0.3, -0.25) is 13.9 Å². The molecule has 0 bridgehead atoms. The van der Waals surface area contributed by atoms with E-state index in [1.165, 1.54) is 17.0 Å². The van der Waals surface area contributed by atoms with Crippen molar-refractivity contribution in [1.29, 1.82) is 0 Å². The predicted molar refractivity (Wildman–Crippen MR) is 159 cm³/mol. The molecule has 1 N–H and O–H groups in total. The Morgan fingerprint density at radius 3 is 2.15 bits per heavy atom. The number of hydrogen-bond donors (Lipinski definition) is 1. The molecule has 3 rings (SSSR count). The Labute approximate surface area is 248 Å². The molecule has 7 nitrogen and oxygen atoms in total. The molecular weight excluding hydrogens is 625 g/mol. The van der Waals surface area contributed by atoms with Crippen molar-refractivity contribution in [3.05, 3.63) is 92.9 Å². The van der Waals surface area contributed by atoms with Crippen LogP contribution in [-0.4, -0.2) is 43.8 Å². The summed E-state index contributed by atoms with van der Waals surface area (Å²) in [4.78, 5) is 28.6. The lowest BCUT2D eigenvalue weighted by Gasteiger charge is -2.33. The highest BCUT2D eigenvalue weighted by Gasteiger charge is 2.33. The Kier molecular flexibility index (Phi) is 10.8. The number of benzene rings is 3. The van der Waals surface area contributed by atoms with Crippen LogP contribution in [0.5, 0.6) is 0 Å². The van der Waals surface area contributed by atoms with Crippen LogP contribution in [0.1, 0.15) is 32.8 Å². The number of anilines is 1. The molecule has 0 spiro atoms. The van der Waals surface area contributed by atoms with E-state index in [-0.39, 0.29) is 23.4 Å². The number of carbonyl (C=O) groups excluding carboxylic acids is 2. The summed E-state index contributed by atoms with van der Waals surface area (Å²) in [6, 6.07) is 18.5. The number of amides is 2. The van der Waals surface area contributed by atoms with Crippen molar-refractivity contribution in [3.63, 3.8) is 0 Å². The molecule has 3 aromatic carbocycles. The van der Waals surface area contributed by atoms with E-state index < -0.39 is 28.5 Å². The van der Waals surface area contributed by atoms with Crippen molar-refractivity contribution in [2.75, 3.05) is 10.8 Å².